The van der Waals surface area contributed by atoms with Crippen LogP contribution in [0.4, 0.5) is 0 Å². The fourth-order valence-electron chi connectivity index (χ4n) is 1.35. The van der Waals surface area contributed by atoms with Crippen LogP contribution in [0.3, 0.4) is 0 Å². The first-order chi connectivity index (χ1) is 10.3. The number of benzene rings is 1. The standard InChI is InChI=1S/C10H11N3OS.C2H3N3S/c1-14-9-4-2-8(3-5-9)6-15-10-11-7-12-13-10;6-2-3-1-4-5-2/h2-5,7H,6H2,1H3,(H,11,12,13);1H,(H2,3,4,5,6). The van der Waals surface area contributed by atoms with Gasteiger partial charge in [-0.1, -0.05) is 23.9 Å². The molecule has 9 heteroatoms. The minimum absolute atomic E-state index is 0.495. The van der Waals surface area contributed by atoms with Crippen molar-refractivity contribution >= 4 is 24.0 Å². The summed E-state index contributed by atoms with van der Waals surface area (Å²) in [5.41, 5.74) is 1.23. The fourth-order valence-corrected chi connectivity index (χ4v) is 2.20. The van der Waals surface area contributed by atoms with E-state index in [0.717, 1.165) is 16.7 Å². The van der Waals surface area contributed by atoms with Crippen LogP contribution in [0.1, 0.15) is 5.56 Å². The zero-order chi connectivity index (χ0) is 14.9. The van der Waals surface area contributed by atoms with E-state index in [0.29, 0.717) is 4.77 Å². The van der Waals surface area contributed by atoms with Gasteiger partial charge in [-0.05, 0) is 29.9 Å². The zero-order valence-electron chi connectivity index (χ0n) is 11.2. The summed E-state index contributed by atoms with van der Waals surface area (Å²) in [5.74, 6) is 1.75. The van der Waals surface area contributed by atoms with Crippen molar-refractivity contribution in [3.63, 3.8) is 0 Å². The molecule has 0 aliphatic rings. The number of rotatable bonds is 4. The van der Waals surface area contributed by atoms with Crippen LogP contribution in [0.5, 0.6) is 5.75 Å². The molecule has 3 aromatic rings. The van der Waals surface area contributed by atoms with Crippen molar-refractivity contribution in [1.29, 1.82) is 0 Å². The maximum atomic E-state index is 5.08. The molecule has 110 valence electrons. The predicted molar refractivity (Wildman–Crippen MR) is 82.7 cm³/mol. The first-order valence-corrected chi connectivity index (χ1v) is 7.36. The number of H-pyrrole nitrogens is 3. The van der Waals surface area contributed by atoms with Gasteiger partial charge in [-0.25, -0.2) is 9.97 Å². The number of hydrogen-bond acceptors (Lipinski definition) is 6. The molecule has 0 aliphatic heterocycles. The second-order valence-corrected chi connectivity index (χ2v) is 5.11. The van der Waals surface area contributed by atoms with Crippen LogP contribution in [0.2, 0.25) is 0 Å². The number of ether oxygens (including phenoxy) is 1. The molecule has 0 radical (unpaired) electrons. The second kappa shape index (κ2) is 8.22. The molecule has 0 spiro atoms. The number of methoxy groups -OCH3 is 1. The summed E-state index contributed by atoms with van der Waals surface area (Å²) in [4.78, 5) is 7.66. The molecule has 0 bridgehead atoms. The molecule has 3 rings (SSSR count). The van der Waals surface area contributed by atoms with E-state index in [9.17, 15) is 0 Å². The number of hydrogen-bond donors (Lipinski definition) is 3. The van der Waals surface area contributed by atoms with E-state index < -0.39 is 0 Å². The Bertz CT molecular complexity index is 660. The Balaban J connectivity index is 0.000000225. The molecule has 2 aromatic heterocycles. The molecule has 0 saturated carbocycles. The van der Waals surface area contributed by atoms with Crippen LogP contribution in [-0.2, 0) is 5.75 Å². The van der Waals surface area contributed by atoms with Crippen molar-refractivity contribution < 1.29 is 4.74 Å². The summed E-state index contributed by atoms with van der Waals surface area (Å²) in [6, 6.07) is 8.00. The fraction of sp³-hybridized carbons (Fsp3) is 0.167. The second-order valence-electron chi connectivity index (χ2n) is 3.76. The first-order valence-electron chi connectivity index (χ1n) is 5.97. The Labute approximate surface area is 130 Å². The smallest absolute Gasteiger partial charge is 0.213 e. The number of nitrogens with one attached hydrogen (secondary N) is 3. The van der Waals surface area contributed by atoms with Crippen molar-refractivity contribution in [2.75, 3.05) is 7.11 Å². The molecule has 0 saturated heterocycles. The Hall–Kier alpha value is -2.13. The van der Waals surface area contributed by atoms with E-state index >= 15 is 0 Å². The molecule has 1 aromatic carbocycles. The molecule has 0 fully saturated rings. The van der Waals surface area contributed by atoms with Gasteiger partial charge in [-0.3, -0.25) is 15.3 Å². The summed E-state index contributed by atoms with van der Waals surface area (Å²) in [5, 5.41) is 12.6. The van der Waals surface area contributed by atoms with Crippen molar-refractivity contribution in [3.8, 4) is 5.75 Å². The molecular weight excluding hydrogens is 308 g/mol. The highest BCUT2D eigenvalue weighted by molar-refractivity contribution is 7.98. The third-order valence-corrected chi connectivity index (χ3v) is 3.51. The molecular formula is C12H14N6OS2. The highest BCUT2D eigenvalue weighted by Crippen LogP contribution is 2.20. The van der Waals surface area contributed by atoms with Crippen LogP contribution in [0.15, 0.2) is 42.1 Å². The van der Waals surface area contributed by atoms with Gasteiger partial charge in [0, 0.05) is 5.75 Å². The van der Waals surface area contributed by atoms with Crippen LogP contribution in [-0.4, -0.2) is 37.5 Å². The highest BCUT2D eigenvalue weighted by Gasteiger charge is 1.98. The number of nitrogens with zero attached hydrogens (tertiary/aromatic N) is 3. The normalized spacial score (nSPS) is 9.76. The van der Waals surface area contributed by atoms with Crippen LogP contribution in [0.25, 0.3) is 0 Å². The summed E-state index contributed by atoms with van der Waals surface area (Å²) in [6.45, 7) is 0. The third kappa shape index (κ3) is 5.40. The SMILES string of the molecule is COc1ccc(CSc2ncn[nH]2)cc1.S=c1nc[nH][nH]1. The van der Waals surface area contributed by atoms with Crippen LogP contribution < -0.4 is 4.74 Å². The van der Waals surface area contributed by atoms with Crippen LogP contribution in [0, 0.1) is 4.77 Å². The lowest BCUT2D eigenvalue weighted by Gasteiger charge is -2.01. The number of aromatic amines is 3. The van der Waals surface area contributed by atoms with Crippen molar-refractivity contribution in [2.24, 2.45) is 0 Å². The van der Waals surface area contributed by atoms with Gasteiger partial charge in [0.2, 0.25) is 4.77 Å². The maximum Gasteiger partial charge on any atom is 0.213 e. The summed E-state index contributed by atoms with van der Waals surface area (Å²) >= 11 is 6.17. The Morgan fingerprint density at radius 1 is 1.24 bits per heavy atom. The van der Waals surface area contributed by atoms with Gasteiger partial charge in [-0.2, -0.15) is 5.10 Å². The number of aromatic nitrogens is 6. The van der Waals surface area contributed by atoms with E-state index in [1.54, 1.807) is 18.9 Å². The molecule has 7 nitrogen and oxygen atoms in total. The predicted octanol–water partition coefficient (Wildman–Crippen LogP) is 2.57. The molecule has 0 atom stereocenters. The lowest BCUT2D eigenvalue weighted by molar-refractivity contribution is 0.414. The average molecular weight is 322 g/mol. The van der Waals surface area contributed by atoms with Gasteiger partial charge < -0.3 is 4.74 Å². The highest BCUT2D eigenvalue weighted by atomic mass is 32.2. The zero-order valence-corrected chi connectivity index (χ0v) is 12.9. The minimum Gasteiger partial charge on any atom is -0.497 e. The van der Waals surface area contributed by atoms with Gasteiger partial charge in [0.1, 0.15) is 18.4 Å². The third-order valence-electron chi connectivity index (χ3n) is 2.35. The monoisotopic (exact) mass is 322 g/mol. The van der Waals surface area contributed by atoms with Gasteiger partial charge in [-0.15, -0.1) is 0 Å². The lowest BCUT2D eigenvalue weighted by atomic mass is 10.2. The van der Waals surface area contributed by atoms with Gasteiger partial charge >= 0.3 is 0 Å². The number of thioether (sulfide) groups is 1. The topological polar surface area (TPSA) is 95.3 Å². The molecule has 21 heavy (non-hydrogen) atoms. The van der Waals surface area contributed by atoms with Gasteiger partial charge in [0.25, 0.3) is 0 Å². The summed E-state index contributed by atoms with van der Waals surface area (Å²) < 4.78 is 5.58. The first kappa shape index (κ1) is 15.3. The van der Waals surface area contributed by atoms with Crippen molar-refractivity contribution in [3.05, 3.63) is 47.3 Å². The summed E-state index contributed by atoms with van der Waals surface area (Å²) in [7, 11) is 1.66. The van der Waals surface area contributed by atoms with Gasteiger partial charge in [0.15, 0.2) is 5.16 Å². The minimum atomic E-state index is 0.495. The van der Waals surface area contributed by atoms with E-state index in [4.69, 9.17) is 4.74 Å². The molecule has 0 amide bonds. The van der Waals surface area contributed by atoms with E-state index in [-0.39, 0.29) is 0 Å². The molecule has 2 heterocycles. The van der Waals surface area contributed by atoms with E-state index in [2.05, 4.69) is 42.6 Å². The largest absolute Gasteiger partial charge is 0.497 e. The molecule has 3 N–H and O–H groups in total. The molecule has 0 aliphatic carbocycles. The van der Waals surface area contributed by atoms with Crippen molar-refractivity contribution in [1.82, 2.24) is 30.4 Å². The summed E-state index contributed by atoms with van der Waals surface area (Å²) in [6.07, 6.45) is 3.01. The Kier molecular flexibility index (Phi) is 5.98. The quantitative estimate of drug-likeness (QED) is 0.505. The van der Waals surface area contributed by atoms with E-state index in [1.165, 1.54) is 18.2 Å². The maximum absolute atomic E-state index is 5.08. The van der Waals surface area contributed by atoms with Crippen LogP contribution >= 0.6 is 24.0 Å². The Morgan fingerprint density at radius 3 is 2.52 bits per heavy atom. The van der Waals surface area contributed by atoms with Crippen molar-refractivity contribution in [2.45, 2.75) is 10.9 Å². The van der Waals surface area contributed by atoms with E-state index in [1.807, 2.05) is 24.3 Å². The van der Waals surface area contributed by atoms with Gasteiger partial charge in [0.05, 0.1) is 7.11 Å². The Morgan fingerprint density at radius 2 is 2.05 bits per heavy atom. The molecule has 0 unspecified atom stereocenters. The average Bonchev–Trinajstić information content (AvgIpc) is 3.20. The lowest BCUT2D eigenvalue weighted by Crippen LogP contribution is -1.85.